The van der Waals surface area contributed by atoms with Crippen LogP contribution in [0.15, 0.2) is 12.1 Å². The highest BCUT2D eigenvalue weighted by Gasteiger charge is 2.15. The van der Waals surface area contributed by atoms with Gasteiger partial charge in [-0.2, -0.15) is 0 Å². The predicted octanol–water partition coefficient (Wildman–Crippen LogP) is 1.53. The predicted molar refractivity (Wildman–Crippen MR) is 51.8 cm³/mol. The zero-order valence-corrected chi connectivity index (χ0v) is 7.50. The number of anilines is 2. The number of aryl methyl sites for hydroxylation is 1. The molecule has 13 heavy (non-hydrogen) atoms. The fourth-order valence-electron chi connectivity index (χ4n) is 1.21. The first-order valence-electron chi connectivity index (χ1n) is 3.78. The Morgan fingerprint density at radius 2 is 2.15 bits per heavy atom. The summed E-state index contributed by atoms with van der Waals surface area (Å²) < 4.78 is 0. The molecule has 0 bridgehead atoms. The van der Waals surface area contributed by atoms with Crippen LogP contribution in [0, 0.1) is 17.0 Å². The third-order valence-electron chi connectivity index (χ3n) is 1.74. The van der Waals surface area contributed by atoms with Crippen LogP contribution >= 0.6 is 0 Å². The number of hydrogen-bond acceptors (Lipinski definition) is 4. The molecule has 3 N–H and O–H groups in total. The minimum absolute atomic E-state index is 0.0139. The molecule has 0 saturated carbocycles. The van der Waals surface area contributed by atoms with Crippen molar-refractivity contribution in [3.63, 3.8) is 0 Å². The van der Waals surface area contributed by atoms with Gasteiger partial charge in [-0.15, -0.1) is 0 Å². The Morgan fingerprint density at radius 1 is 1.54 bits per heavy atom. The Hall–Kier alpha value is -1.78. The summed E-state index contributed by atoms with van der Waals surface area (Å²) in [6.07, 6.45) is 0. The Bertz CT molecular complexity index is 349. The van der Waals surface area contributed by atoms with Gasteiger partial charge in [0.1, 0.15) is 5.69 Å². The molecular weight excluding hydrogens is 170 g/mol. The highest BCUT2D eigenvalue weighted by molar-refractivity contribution is 5.77. The van der Waals surface area contributed by atoms with Crippen molar-refractivity contribution in [1.82, 2.24) is 0 Å². The van der Waals surface area contributed by atoms with Gasteiger partial charge < -0.3 is 11.1 Å². The van der Waals surface area contributed by atoms with Gasteiger partial charge in [0, 0.05) is 13.1 Å². The highest BCUT2D eigenvalue weighted by atomic mass is 16.6. The van der Waals surface area contributed by atoms with Crippen LogP contribution in [0.25, 0.3) is 0 Å². The number of nitrogen functional groups attached to an aromatic ring is 1. The van der Waals surface area contributed by atoms with Crippen molar-refractivity contribution in [2.24, 2.45) is 0 Å². The van der Waals surface area contributed by atoms with Crippen LogP contribution in [-0.4, -0.2) is 12.0 Å². The zero-order chi connectivity index (χ0) is 10.0. The van der Waals surface area contributed by atoms with E-state index in [0.717, 1.165) is 5.56 Å². The number of nitro groups is 1. The molecule has 0 aliphatic rings. The molecule has 0 aromatic heterocycles. The lowest BCUT2D eigenvalue weighted by molar-refractivity contribution is -0.383. The summed E-state index contributed by atoms with van der Waals surface area (Å²) >= 11 is 0. The minimum atomic E-state index is -0.449. The van der Waals surface area contributed by atoms with Crippen LogP contribution in [0.4, 0.5) is 17.1 Å². The fourth-order valence-corrected chi connectivity index (χ4v) is 1.21. The molecule has 70 valence electrons. The number of nitrogens with zero attached hydrogens (tertiary/aromatic N) is 1. The van der Waals surface area contributed by atoms with Gasteiger partial charge in [-0.05, 0) is 18.6 Å². The third-order valence-corrected chi connectivity index (χ3v) is 1.74. The van der Waals surface area contributed by atoms with Gasteiger partial charge in [-0.1, -0.05) is 0 Å². The minimum Gasteiger partial charge on any atom is -0.397 e. The normalized spacial score (nSPS) is 9.69. The molecule has 0 atom stereocenters. The van der Waals surface area contributed by atoms with Crippen molar-refractivity contribution < 1.29 is 4.92 Å². The highest BCUT2D eigenvalue weighted by Crippen LogP contribution is 2.31. The van der Waals surface area contributed by atoms with E-state index in [9.17, 15) is 10.1 Å². The summed E-state index contributed by atoms with van der Waals surface area (Å²) in [5.41, 5.74) is 7.17. The number of nitro benzene ring substituents is 1. The second-order valence-corrected chi connectivity index (χ2v) is 2.76. The van der Waals surface area contributed by atoms with E-state index in [4.69, 9.17) is 5.73 Å². The smallest absolute Gasteiger partial charge is 0.294 e. The van der Waals surface area contributed by atoms with E-state index in [1.165, 1.54) is 6.07 Å². The molecular formula is C8H11N3O2. The Balaban J connectivity index is 3.38. The van der Waals surface area contributed by atoms with E-state index in [1.54, 1.807) is 20.0 Å². The van der Waals surface area contributed by atoms with Crippen molar-refractivity contribution in [3.8, 4) is 0 Å². The van der Waals surface area contributed by atoms with Gasteiger partial charge in [0.2, 0.25) is 0 Å². The number of rotatable bonds is 2. The number of hydrogen-bond donors (Lipinski definition) is 2. The van der Waals surface area contributed by atoms with Crippen molar-refractivity contribution in [1.29, 1.82) is 0 Å². The van der Waals surface area contributed by atoms with Gasteiger partial charge >= 0.3 is 0 Å². The molecule has 1 aromatic carbocycles. The van der Waals surface area contributed by atoms with E-state index in [-0.39, 0.29) is 5.69 Å². The Kier molecular flexibility index (Phi) is 2.36. The van der Waals surface area contributed by atoms with Gasteiger partial charge in [-0.3, -0.25) is 10.1 Å². The van der Waals surface area contributed by atoms with Crippen LogP contribution in [-0.2, 0) is 0 Å². The maximum atomic E-state index is 10.6. The lowest BCUT2D eigenvalue weighted by Crippen LogP contribution is -2.01. The van der Waals surface area contributed by atoms with Crippen LogP contribution < -0.4 is 11.1 Å². The average Bonchev–Trinajstić information content (AvgIpc) is 2.02. The molecule has 0 amide bonds. The number of nitrogens with two attached hydrogens (primary N) is 1. The van der Waals surface area contributed by atoms with Crippen LogP contribution in [0.2, 0.25) is 0 Å². The van der Waals surface area contributed by atoms with Gasteiger partial charge in [0.15, 0.2) is 0 Å². The quantitative estimate of drug-likeness (QED) is 0.412. The molecule has 5 nitrogen and oxygen atoms in total. The summed E-state index contributed by atoms with van der Waals surface area (Å²) in [6.45, 7) is 1.77. The van der Waals surface area contributed by atoms with E-state index >= 15 is 0 Å². The zero-order valence-electron chi connectivity index (χ0n) is 7.50. The first-order valence-corrected chi connectivity index (χ1v) is 3.78. The van der Waals surface area contributed by atoms with Gasteiger partial charge in [0.05, 0.1) is 10.6 Å². The van der Waals surface area contributed by atoms with Crippen molar-refractivity contribution in [2.75, 3.05) is 18.1 Å². The van der Waals surface area contributed by atoms with Crippen LogP contribution in [0.5, 0.6) is 0 Å². The molecule has 0 aliphatic carbocycles. The molecule has 0 saturated heterocycles. The van der Waals surface area contributed by atoms with Gasteiger partial charge in [0.25, 0.3) is 5.69 Å². The topological polar surface area (TPSA) is 81.2 Å². The largest absolute Gasteiger partial charge is 0.397 e. The third kappa shape index (κ3) is 1.69. The second-order valence-electron chi connectivity index (χ2n) is 2.76. The molecule has 0 radical (unpaired) electrons. The van der Waals surface area contributed by atoms with Crippen LogP contribution in [0.3, 0.4) is 0 Å². The number of benzene rings is 1. The lowest BCUT2D eigenvalue weighted by atomic mass is 10.1. The van der Waals surface area contributed by atoms with Crippen molar-refractivity contribution in [3.05, 3.63) is 27.8 Å². The summed E-state index contributed by atoms with van der Waals surface area (Å²) in [7, 11) is 1.61. The molecule has 0 spiro atoms. The SMILES string of the molecule is CNc1c(N)cc(C)cc1[N+](=O)[O-]. The molecule has 0 unspecified atom stereocenters. The van der Waals surface area contributed by atoms with Gasteiger partial charge in [-0.25, -0.2) is 0 Å². The second kappa shape index (κ2) is 3.30. The van der Waals surface area contributed by atoms with E-state index in [2.05, 4.69) is 5.32 Å². The maximum absolute atomic E-state index is 10.6. The number of nitrogens with one attached hydrogen (secondary N) is 1. The monoisotopic (exact) mass is 181 g/mol. The molecule has 0 fully saturated rings. The standard InChI is InChI=1S/C8H11N3O2/c1-5-3-6(9)8(10-2)7(4-5)11(12)13/h3-4,10H,9H2,1-2H3. The van der Waals surface area contributed by atoms with E-state index in [0.29, 0.717) is 11.4 Å². The van der Waals surface area contributed by atoms with Crippen LogP contribution in [0.1, 0.15) is 5.56 Å². The summed E-state index contributed by atoms with van der Waals surface area (Å²) in [6, 6.07) is 3.18. The molecule has 0 aliphatic heterocycles. The molecule has 0 heterocycles. The molecule has 1 aromatic rings. The first-order chi connectivity index (χ1) is 6.06. The van der Waals surface area contributed by atoms with E-state index < -0.39 is 4.92 Å². The van der Waals surface area contributed by atoms with Crippen molar-refractivity contribution in [2.45, 2.75) is 6.92 Å². The first kappa shape index (κ1) is 9.31. The summed E-state index contributed by atoms with van der Waals surface area (Å²) in [4.78, 5) is 10.1. The molecule has 5 heteroatoms. The Labute approximate surface area is 75.7 Å². The maximum Gasteiger partial charge on any atom is 0.294 e. The summed E-state index contributed by atoms with van der Waals surface area (Å²) in [5, 5.41) is 13.3. The summed E-state index contributed by atoms with van der Waals surface area (Å²) in [5.74, 6) is 0. The van der Waals surface area contributed by atoms with E-state index in [1.807, 2.05) is 0 Å². The van der Waals surface area contributed by atoms with Crippen molar-refractivity contribution >= 4 is 17.1 Å². The fraction of sp³-hybridized carbons (Fsp3) is 0.250. The Morgan fingerprint density at radius 3 is 2.62 bits per heavy atom. The lowest BCUT2D eigenvalue weighted by Gasteiger charge is -2.06. The molecule has 1 rings (SSSR count). The average molecular weight is 181 g/mol.